The monoisotopic (exact) mass is 384 g/mol. The fourth-order valence-corrected chi connectivity index (χ4v) is 3.71. The predicted molar refractivity (Wildman–Crippen MR) is 101 cm³/mol. The van der Waals surface area contributed by atoms with Crippen LogP contribution in [0.25, 0.3) is 0 Å². The number of anilines is 1. The van der Waals surface area contributed by atoms with E-state index in [2.05, 4.69) is 10.1 Å². The fourth-order valence-electron chi connectivity index (χ4n) is 3.58. The lowest BCUT2D eigenvalue weighted by molar-refractivity contribution is -0.119. The van der Waals surface area contributed by atoms with E-state index in [4.69, 9.17) is 11.6 Å². The summed E-state index contributed by atoms with van der Waals surface area (Å²) in [5, 5.41) is 4.98. The summed E-state index contributed by atoms with van der Waals surface area (Å²) >= 11 is 6.04. The Morgan fingerprint density at radius 2 is 1.74 bits per heavy atom. The average Bonchev–Trinajstić information content (AvgIpc) is 3.17. The topological polar surface area (TPSA) is 51.0 Å². The normalized spacial score (nSPS) is 19.0. The number of carbonyl (C=O) groups excluding carboxylic acids is 1. The predicted octanol–water partition coefficient (Wildman–Crippen LogP) is 4.55. The molecule has 0 saturated heterocycles. The van der Waals surface area contributed by atoms with Gasteiger partial charge in [-0.3, -0.25) is 9.69 Å². The summed E-state index contributed by atoms with van der Waals surface area (Å²) in [5.41, 5.74) is 1.90. The molecule has 0 unspecified atom stereocenters. The van der Waals surface area contributed by atoms with Gasteiger partial charge in [0.1, 0.15) is 12.1 Å². The lowest BCUT2D eigenvalue weighted by Gasteiger charge is -2.39. The fraction of sp³-hybridized carbons (Fsp3) is 0.250. The molecule has 1 aromatic heterocycles. The van der Waals surface area contributed by atoms with Gasteiger partial charge >= 0.3 is 0 Å². The van der Waals surface area contributed by atoms with Gasteiger partial charge in [-0.05, 0) is 41.8 Å². The van der Waals surface area contributed by atoms with Gasteiger partial charge in [0.05, 0.1) is 12.1 Å². The molecule has 0 radical (unpaired) electrons. The van der Waals surface area contributed by atoms with Crippen LogP contribution >= 0.6 is 11.6 Å². The Balaban J connectivity index is 1.83. The number of hydrogen-bond acceptors (Lipinski definition) is 3. The van der Waals surface area contributed by atoms with E-state index in [1.165, 1.54) is 18.5 Å². The summed E-state index contributed by atoms with van der Waals surface area (Å²) in [6.45, 7) is 1.83. The first-order valence-corrected chi connectivity index (χ1v) is 9.18. The van der Waals surface area contributed by atoms with E-state index >= 15 is 0 Å². The van der Waals surface area contributed by atoms with Gasteiger partial charge in [-0.1, -0.05) is 42.8 Å². The van der Waals surface area contributed by atoms with Crippen molar-refractivity contribution in [2.75, 3.05) is 4.90 Å². The van der Waals surface area contributed by atoms with Crippen molar-refractivity contribution in [1.29, 1.82) is 0 Å². The van der Waals surface area contributed by atoms with E-state index in [-0.39, 0.29) is 23.8 Å². The Kier molecular flexibility index (Phi) is 4.66. The summed E-state index contributed by atoms with van der Waals surface area (Å²) in [5.74, 6) is 0.189. The second-order valence-corrected chi connectivity index (χ2v) is 6.93. The molecule has 0 spiro atoms. The number of benzene rings is 2. The molecule has 27 heavy (non-hydrogen) atoms. The Bertz CT molecular complexity index is 955. The van der Waals surface area contributed by atoms with Crippen LogP contribution in [0.4, 0.5) is 10.3 Å². The van der Waals surface area contributed by atoms with Crippen molar-refractivity contribution >= 4 is 23.5 Å². The second-order valence-electron chi connectivity index (χ2n) is 6.49. The number of hydrogen-bond donors (Lipinski definition) is 0. The highest BCUT2D eigenvalue weighted by Gasteiger charge is 2.38. The van der Waals surface area contributed by atoms with Crippen molar-refractivity contribution < 1.29 is 9.18 Å². The van der Waals surface area contributed by atoms with Gasteiger partial charge in [-0.2, -0.15) is 10.1 Å². The van der Waals surface area contributed by atoms with Gasteiger partial charge in [-0.15, -0.1) is 0 Å². The first-order chi connectivity index (χ1) is 13.1. The van der Waals surface area contributed by atoms with Crippen LogP contribution in [0.15, 0.2) is 54.9 Å². The molecule has 0 saturated carbocycles. The average molecular weight is 385 g/mol. The van der Waals surface area contributed by atoms with Crippen molar-refractivity contribution in [2.24, 2.45) is 0 Å². The number of amides is 1. The Morgan fingerprint density at radius 1 is 1.11 bits per heavy atom. The van der Waals surface area contributed by atoms with Gasteiger partial charge in [-0.25, -0.2) is 9.07 Å². The summed E-state index contributed by atoms with van der Waals surface area (Å²) < 4.78 is 15.1. The van der Waals surface area contributed by atoms with Gasteiger partial charge in [0, 0.05) is 11.4 Å². The number of aromatic nitrogens is 3. The molecule has 0 N–H and O–H groups in total. The van der Waals surface area contributed by atoms with E-state index in [1.54, 1.807) is 21.7 Å². The van der Waals surface area contributed by atoms with Crippen LogP contribution < -0.4 is 4.90 Å². The zero-order valence-corrected chi connectivity index (χ0v) is 15.5. The van der Waals surface area contributed by atoms with E-state index in [0.717, 1.165) is 11.1 Å². The zero-order valence-electron chi connectivity index (χ0n) is 14.7. The molecule has 1 aliphatic heterocycles. The minimum absolute atomic E-state index is 0.0262. The quantitative estimate of drug-likeness (QED) is 0.665. The maximum atomic E-state index is 13.4. The molecular weight excluding hydrogens is 367 g/mol. The van der Waals surface area contributed by atoms with Crippen LogP contribution in [-0.2, 0) is 4.79 Å². The minimum Gasteiger partial charge on any atom is -0.274 e. The molecule has 0 aliphatic carbocycles. The van der Waals surface area contributed by atoms with Gasteiger partial charge in [0.25, 0.3) is 0 Å². The molecule has 0 bridgehead atoms. The van der Waals surface area contributed by atoms with Crippen LogP contribution in [0.1, 0.15) is 43.0 Å². The number of rotatable bonds is 3. The molecule has 0 fully saturated rings. The summed E-state index contributed by atoms with van der Waals surface area (Å²) in [7, 11) is 0. The Labute approximate surface area is 161 Å². The zero-order chi connectivity index (χ0) is 19.0. The molecule has 5 nitrogen and oxygen atoms in total. The highest BCUT2D eigenvalue weighted by atomic mass is 35.5. The lowest BCUT2D eigenvalue weighted by Crippen LogP contribution is -2.42. The van der Waals surface area contributed by atoms with Gasteiger partial charge < -0.3 is 0 Å². The summed E-state index contributed by atoms with van der Waals surface area (Å²) in [6, 6.07) is 13.5. The smallest absolute Gasteiger partial charge is 0.231 e. The molecule has 2 atom stereocenters. The highest BCUT2D eigenvalue weighted by Crippen LogP contribution is 2.42. The number of nitrogens with zero attached hydrogens (tertiary/aromatic N) is 4. The van der Waals surface area contributed by atoms with Crippen molar-refractivity contribution in [2.45, 2.75) is 31.8 Å². The Hall–Kier alpha value is -2.73. The second kappa shape index (κ2) is 7.12. The van der Waals surface area contributed by atoms with E-state index in [9.17, 15) is 9.18 Å². The maximum Gasteiger partial charge on any atom is 0.231 e. The van der Waals surface area contributed by atoms with E-state index in [1.807, 2.05) is 31.2 Å². The van der Waals surface area contributed by atoms with Crippen LogP contribution in [-0.4, -0.2) is 20.7 Å². The first-order valence-electron chi connectivity index (χ1n) is 8.81. The molecule has 4 rings (SSSR count). The van der Waals surface area contributed by atoms with Crippen molar-refractivity contribution in [3.63, 3.8) is 0 Å². The van der Waals surface area contributed by atoms with Crippen molar-refractivity contribution in [3.8, 4) is 0 Å². The third-order valence-corrected chi connectivity index (χ3v) is 5.16. The first kappa shape index (κ1) is 17.7. The summed E-state index contributed by atoms with van der Waals surface area (Å²) in [6.07, 6.45) is 2.42. The van der Waals surface area contributed by atoms with Gasteiger partial charge in [0.2, 0.25) is 11.9 Å². The molecule has 2 aromatic carbocycles. The Morgan fingerprint density at radius 3 is 2.41 bits per heavy atom. The minimum atomic E-state index is -0.287. The molecule has 3 aromatic rings. The number of halogens is 2. The van der Waals surface area contributed by atoms with E-state index in [0.29, 0.717) is 23.8 Å². The third kappa shape index (κ3) is 3.21. The molecular formula is C20H18ClFN4O. The molecule has 7 heteroatoms. The van der Waals surface area contributed by atoms with Crippen LogP contribution in [0.3, 0.4) is 0 Å². The molecule has 2 heterocycles. The van der Waals surface area contributed by atoms with Crippen LogP contribution in [0.5, 0.6) is 0 Å². The molecule has 1 amide bonds. The van der Waals surface area contributed by atoms with Crippen LogP contribution in [0, 0.1) is 5.82 Å². The third-order valence-electron chi connectivity index (χ3n) is 4.90. The largest absolute Gasteiger partial charge is 0.274 e. The molecule has 138 valence electrons. The van der Waals surface area contributed by atoms with E-state index < -0.39 is 0 Å². The maximum absolute atomic E-state index is 13.4. The molecule has 1 aliphatic rings. The van der Waals surface area contributed by atoms with Crippen LogP contribution in [0.2, 0.25) is 5.02 Å². The van der Waals surface area contributed by atoms with Crippen molar-refractivity contribution in [3.05, 3.63) is 76.8 Å². The number of carbonyl (C=O) groups is 1. The van der Waals surface area contributed by atoms with Crippen molar-refractivity contribution in [1.82, 2.24) is 14.8 Å². The highest BCUT2D eigenvalue weighted by molar-refractivity contribution is 6.30. The SMILES string of the molecule is CCC(=O)N1c2ncnn2[C@@H](c2ccc(F)cc2)C[C@@H]1c1ccc(Cl)cc1. The number of fused-ring (bicyclic) bond motifs is 1. The summed E-state index contributed by atoms with van der Waals surface area (Å²) in [4.78, 5) is 18.8. The lowest BCUT2D eigenvalue weighted by atomic mass is 9.92. The standard InChI is InChI=1S/C20H18ClFN4O/c1-2-19(27)25-17(13-3-7-15(21)8-4-13)11-18(26-20(25)23-12-24-26)14-5-9-16(22)10-6-14/h3-10,12,17-18H,2,11H2,1H3/t17-,18-/m1/s1. The van der Waals surface area contributed by atoms with Gasteiger partial charge in [0.15, 0.2) is 0 Å².